The largest absolute Gasteiger partial charge is 0.465 e. The van der Waals surface area contributed by atoms with Crippen molar-refractivity contribution in [2.75, 3.05) is 19.0 Å². The van der Waals surface area contributed by atoms with Gasteiger partial charge >= 0.3 is 5.97 Å². The van der Waals surface area contributed by atoms with E-state index >= 15 is 0 Å². The number of ether oxygens (including phenoxy) is 1. The first kappa shape index (κ1) is 31.1. The topological polar surface area (TPSA) is 74.0 Å². The van der Waals surface area contributed by atoms with Gasteiger partial charge in [-0.3, -0.25) is 0 Å². The van der Waals surface area contributed by atoms with Gasteiger partial charge < -0.3 is 19.2 Å². The van der Waals surface area contributed by atoms with Gasteiger partial charge in [-0.25, -0.2) is 14.8 Å². The summed E-state index contributed by atoms with van der Waals surface area (Å²) in [6, 6.07) is 33.6. The maximum Gasteiger partial charge on any atom is 0.337 e. The zero-order valence-corrected chi connectivity index (χ0v) is 27.1. The lowest BCUT2D eigenvalue weighted by Crippen LogP contribution is -2.12. The van der Waals surface area contributed by atoms with Gasteiger partial charge in [0.05, 0.1) is 34.7 Å². The first-order valence-corrected chi connectivity index (χ1v) is 16.5. The Bertz CT molecular complexity index is 1870. The summed E-state index contributed by atoms with van der Waals surface area (Å²) in [4.78, 5) is 22.7. The van der Waals surface area contributed by atoms with Crippen LogP contribution in [0.2, 0.25) is 0 Å². The van der Waals surface area contributed by atoms with Crippen molar-refractivity contribution in [3.8, 4) is 11.4 Å². The number of anilines is 1. The fraction of sp³-hybridized carbons (Fsp3) is 0.308. The molecule has 0 fully saturated rings. The molecule has 0 unspecified atom stereocenters. The minimum absolute atomic E-state index is 0.237. The average molecular weight is 614 g/mol. The second-order valence-electron chi connectivity index (χ2n) is 11.8. The molecule has 0 aliphatic rings. The Hall–Kier alpha value is -4.91. The maximum absolute atomic E-state index is 12.4. The molecule has 7 nitrogen and oxygen atoms in total. The van der Waals surface area contributed by atoms with Gasteiger partial charge in [0.2, 0.25) is 5.95 Å². The molecule has 2 heterocycles. The highest BCUT2D eigenvalue weighted by Crippen LogP contribution is 2.35. The molecule has 4 aromatic carbocycles. The monoisotopic (exact) mass is 613 g/mol. The Morgan fingerprint density at radius 2 is 1.50 bits per heavy atom. The third-order valence-electron chi connectivity index (χ3n) is 8.77. The van der Waals surface area contributed by atoms with Crippen LogP contribution in [-0.2, 0) is 17.8 Å². The smallest absolute Gasteiger partial charge is 0.337 e. The Labute approximate surface area is 271 Å². The van der Waals surface area contributed by atoms with Gasteiger partial charge in [0, 0.05) is 31.1 Å². The van der Waals surface area contributed by atoms with Crippen LogP contribution < -0.4 is 5.32 Å². The minimum atomic E-state index is -0.360. The van der Waals surface area contributed by atoms with Gasteiger partial charge in [-0.05, 0) is 60.7 Å². The molecule has 1 N–H and O–H groups in total. The number of aromatic nitrogens is 4. The highest BCUT2D eigenvalue weighted by molar-refractivity contribution is 5.97. The van der Waals surface area contributed by atoms with Crippen LogP contribution in [0.5, 0.6) is 0 Å². The van der Waals surface area contributed by atoms with Crippen LogP contribution >= 0.6 is 0 Å². The average Bonchev–Trinajstić information content (AvgIpc) is 3.65. The highest BCUT2D eigenvalue weighted by atomic mass is 16.5. The summed E-state index contributed by atoms with van der Waals surface area (Å²) in [6.07, 6.45) is 5.17. The third kappa shape index (κ3) is 6.41. The van der Waals surface area contributed by atoms with E-state index in [4.69, 9.17) is 14.7 Å². The SMILES string of the molecule is CCCCNc1nc2cccc(-c3nc4cc(C(=O)OC)ccc4n3CCCC)c2n1CCC(c1ccccc1)c1ccccc1. The van der Waals surface area contributed by atoms with Crippen molar-refractivity contribution in [1.82, 2.24) is 19.1 Å². The van der Waals surface area contributed by atoms with Crippen LogP contribution in [0.1, 0.15) is 73.4 Å². The summed E-state index contributed by atoms with van der Waals surface area (Å²) in [5.41, 5.74) is 7.96. The van der Waals surface area contributed by atoms with E-state index in [0.29, 0.717) is 5.56 Å². The number of fused-ring (bicyclic) bond motifs is 2. The Morgan fingerprint density at radius 3 is 2.17 bits per heavy atom. The molecule has 6 rings (SSSR count). The van der Waals surface area contributed by atoms with E-state index in [1.807, 2.05) is 18.2 Å². The molecule has 0 aliphatic heterocycles. The number of carbonyl (C=O) groups is 1. The molecule has 0 saturated carbocycles. The van der Waals surface area contributed by atoms with Crippen molar-refractivity contribution >= 4 is 34.0 Å². The van der Waals surface area contributed by atoms with Crippen LogP contribution in [0, 0.1) is 0 Å². The predicted octanol–water partition coefficient (Wildman–Crippen LogP) is 9.07. The Kier molecular flexibility index (Phi) is 9.77. The van der Waals surface area contributed by atoms with E-state index in [1.54, 1.807) is 0 Å². The molecule has 0 saturated heterocycles. The lowest BCUT2D eigenvalue weighted by molar-refractivity contribution is 0.0601. The third-order valence-corrected chi connectivity index (χ3v) is 8.77. The molecule has 0 amide bonds. The summed E-state index contributed by atoms with van der Waals surface area (Å²) in [5.74, 6) is 1.65. The number of hydrogen-bond donors (Lipinski definition) is 1. The van der Waals surface area contributed by atoms with Crippen LogP contribution in [0.15, 0.2) is 97.1 Å². The van der Waals surface area contributed by atoms with Crippen LogP contribution in [0.3, 0.4) is 0 Å². The molecule has 0 aliphatic carbocycles. The quantitative estimate of drug-likeness (QED) is 0.0980. The highest BCUT2D eigenvalue weighted by Gasteiger charge is 2.22. The second kappa shape index (κ2) is 14.5. The lowest BCUT2D eigenvalue weighted by Gasteiger charge is -2.20. The summed E-state index contributed by atoms with van der Waals surface area (Å²) >= 11 is 0. The minimum Gasteiger partial charge on any atom is -0.465 e. The van der Waals surface area contributed by atoms with E-state index in [1.165, 1.54) is 18.2 Å². The fourth-order valence-electron chi connectivity index (χ4n) is 6.37. The van der Waals surface area contributed by atoms with Crippen LogP contribution in [-0.4, -0.2) is 38.7 Å². The van der Waals surface area contributed by atoms with Gasteiger partial charge in [0.15, 0.2) is 0 Å². The fourth-order valence-corrected chi connectivity index (χ4v) is 6.37. The standard InChI is InChI=1S/C39H43N5O2/c1-4-6-24-40-39-42-33-20-14-19-32(37-41-34-27-30(38(45)46-3)21-22-35(34)43(37)25-7-5-2)36(33)44(39)26-23-31(28-15-10-8-11-16-28)29-17-12-9-13-18-29/h8-22,27,31H,4-7,23-26H2,1-3H3,(H,40,42). The van der Waals surface area contributed by atoms with Crippen LogP contribution in [0.25, 0.3) is 33.5 Å². The van der Waals surface area contributed by atoms with E-state index in [2.05, 4.69) is 107 Å². The lowest BCUT2D eigenvalue weighted by atomic mass is 9.88. The summed E-state index contributed by atoms with van der Waals surface area (Å²) in [7, 11) is 1.41. The molecule has 0 bridgehead atoms. The molecule has 0 spiro atoms. The molecule has 0 radical (unpaired) electrons. The number of nitrogens with zero attached hydrogens (tertiary/aromatic N) is 4. The van der Waals surface area contributed by atoms with Crippen LogP contribution in [0.4, 0.5) is 5.95 Å². The van der Waals surface area contributed by atoms with E-state index in [0.717, 1.165) is 91.1 Å². The first-order chi connectivity index (χ1) is 22.6. The van der Waals surface area contributed by atoms with Gasteiger partial charge in [-0.2, -0.15) is 0 Å². The Morgan fingerprint density at radius 1 is 0.783 bits per heavy atom. The van der Waals surface area contributed by atoms with Crippen molar-refractivity contribution in [3.05, 3.63) is 114 Å². The number of rotatable bonds is 14. The maximum atomic E-state index is 12.4. The molecule has 6 aromatic rings. The van der Waals surface area contributed by atoms with Crippen molar-refractivity contribution < 1.29 is 9.53 Å². The van der Waals surface area contributed by atoms with Gasteiger partial charge in [0.1, 0.15) is 5.82 Å². The number of aryl methyl sites for hydroxylation is 2. The van der Waals surface area contributed by atoms with Gasteiger partial charge in [-0.1, -0.05) is 93.4 Å². The number of esters is 1. The number of nitrogens with one attached hydrogen (secondary N) is 1. The number of para-hydroxylation sites is 1. The van der Waals surface area contributed by atoms with Crippen molar-refractivity contribution in [2.24, 2.45) is 0 Å². The second-order valence-corrected chi connectivity index (χ2v) is 11.8. The van der Waals surface area contributed by atoms with Gasteiger partial charge in [-0.15, -0.1) is 0 Å². The number of hydrogen-bond acceptors (Lipinski definition) is 5. The van der Waals surface area contributed by atoms with Crippen molar-refractivity contribution in [2.45, 2.75) is 65.0 Å². The Balaban J connectivity index is 1.49. The zero-order chi connectivity index (χ0) is 31.9. The molecular formula is C39H43N5O2. The molecule has 7 heteroatoms. The molecule has 2 aromatic heterocycles. The number of methoxy groups -OCH3 is 1. The van der Waals surface area contributed by atoms with E-state index < -0.39 is 0 Å². The van der Waals surface area contributed by atoms with E-state index in [9.17, 15) is 4.79 Å². The van der Waals surface area contributed by atoms with Crippen molar-refractivity contribution in [1.29, 1.82) is 0 Å². The summed E-state index contributed by atoms with van der Waals surface area (Å²) in [5, 5.41) is 3.66. The predicted molar refractivity (Wildman–Crippen MR) is 187 cm³/mol. The first-order valence-electron chi connectivity index (χ1n) is 16.5. The molecule has 46 heavy (non-hydrogen) atoms. The molecule has 0 atom stereocenters. The van der Waals surface area contributed by atoms with Gasteiger partial charge in [0.25, 0.3) is 0 Å². The number of carbonyl (C=O) groups excluding carboxylic acids is 1. The van der Waals surface area contributed by atoms with E-state index in [-0.39, 0.29) is 11.9 Å². The zero-order valence-electron chi connectivity index (χ0n) is 27.1. The number of imidazole rings is 2. The number of benzene rings is 4. The summed E-state index contributed by atoms with van der Waals surface area (Å²) < 4.78 is 9.67. The normalized spacial score (nSPS) is 11.5. The number of unbranched alkanes of at least 4 members (excludes halogenated alkanes) is 2. The molecule has 236 valence electrons. The van der Waals surface area contributed by atoms with Crippen molar-refractivity contribution in [3.63, 3.8) is 0 Å². The molecular weight excluding hydrogens is 570 g/mol. The summed E-state index contributed by atoms with van der Waals surface area (Å²) in [6.45, 7) is 6.88.